The fraction of sp³-hybridized carbons (Fsp3) is 0.600. The Balaban J connectivity index is 2.72. The number of rotatable bonds is 7. The van der Waals surface area contributed by atoms with Crippen LogP contribution in [0.2, 0.25) is 0 Å². The highest BCUT2D eigenvalue weighted by Crippen LogP contribution is 2.01. The third-order valence-electron chi connectivity index (χ3n) is 2.18. The van der Waals surface area contributed by atoms with Crippen LogP contribution in [-0.4, -0.2) is 65.4 Å². The molecule has 1 amide bonds. The number of nitrogen functional groups attached to an aromatic ring is 1. The van der Waals surface area contributed by atoms with Crippen LogP contribution in [0.4, 0.5) is 5.95 Å². The lowest BCUT2D eigenvalue weighted by atomic mass is 10.4. The van der Waals surface area contributed by atoms with Crippen LogP contribution in [0, 0.1) is 0 Å². The van der Waals surface area contributed by atoms with E-state index >= 15 is 0 Å². The maximum Gasteiger partial charge on any atom is 0.325 e. The molecule has 0 aliphatic rings. The third kappa shape index (κ3) is 4.54. The van der Waals surface area contributed by atoms with E-state index in [1.807, 2.05) is 0 Å². The molecule has 106 valence electrons. The Morgan fingerprint density at radius 3 is 2.74 bits per heavy atom. The molecule has 0 unspecified atom stereocenters. The number of nitrogens with zero attached hydrogens (tertiary/aromatic N) is 3. The number of aromatic amines is 1. The Morgan fingerprint density at radius 1 is 1.47 bits per heavy atom. The molecule has 19 heavy (non-hydrogen) atoms. The lowest BCUT2D eigenvalue weighted by Crippen LogP contribution is -2.39. The van der Waals surface area contributed by atoms with Gasteiger partial charge in [-0.2, -0.15) is 4.98 Å². The lowest BCUT2D eigenvalue weighted by molar-refractivity contribution is -0.143. The number of carbonyl (C=O) groups is 2. The van der Waals surface area contributed by atoms with Gasteiger partial charge in [0.15, 0.2) is 0 Å². The summed E-state index contributed by atoms with van der Waals surface area (Å²) in [5.41, 5.74) is 5.33. The predicted octanol–water partition coefficient (Wildman–Crippen LogP) is -0.961. The van der Waals surface area contributed by atoms with Crippen molar-refractivity contribution in [3.05, 3.63) is 5.82 Å². The van der Waals surface area contributed by atoms with Gasteiger partial charge in [-0.3, -0.25) is 14.7 Å². The van der Waals surface area contributed by atoms with E-state index in [4.69, 9.17) is 15.2 Å². The van der Waals surface area contributed by atoms with E-state index in [-0.39, 0.29) is 38.1 Å². The van der Waals surface area contributed by atoms with Crippen molar-refractivity contribution in [2.75, 3.05) is 39.1 Å². The van der Waals surface area contributed by atoms with E-state index in [2.05, 4.69) is 15.2 Å². The molecule has 1 heterocycles. The normalized spacial score (nSPS) is 10.2. The second-order valence-electron chi connectivity index (χ2n) is 3.57. The Labute approximate surface area is 110 Å². The van der Waals surface area contributed by atoms with Gasteiger partial charge in [0.1, 0.15) is 6.54 Å². The van der Waals surface area contributed by atoms with E-state index in [1.165, 1.54) is 12.0 Å². The molecule has 0 aromatic carbocycles. The molecule has 9 heteroatoms. The summed E-state index contributed by atoms with van der Waals surface area (Å²) in [5, 5.41) is 5.96. The average molecular weight is 271 g/mol. The average Bonchev–Trinajstić information content (AvgIpc) is 2.80. The summed E-state index contributed by atoms with van der Waals surface area (Å²) in [6.45, 7) is 2.27. The van der Waals surface area contributed by atoms with Crippen molar-refractivity contribution >= 4 is 17.8 Å². The summed E-state index contributed by atoms with van der Waals surface area (Å²) in [4.78, 5) is 28.5. The maximum absolute atomic E-state index is 12.1. The number of hydrogen-bond donors (Lipinski definition) is 2. The van der Waals surface area contributed by atoms with Crippen molar-refractivity contribution in [2.24, 2.45) is 0 Å². The van der Waals surface area contributed by atoms with Crippen molar-refractivity contribution in [3.8, 4) is 0 Å². The van der Waals surface area contributed by atoms with Crippen molar-refractivity contribution < 1.29 is 19.1 Å². The largest absolute Gasteiger partial charge is 0.465 e. The smallest absolute Gasteiger partial charge is 0.325 e. The highest BCUT2D eigenvalue weighted by atomic mass is 16.5. The van der Waals surface area contributed by atoms with Gasteiger partial charge < -0.3 is 20.1 Å². The van der Waals surface area contributed by atoms with Crippen molar-refractivity contribution in [2.45, 2.75) is 6.92 Å². The fourth-order valence-corrected chi connectivity index (χ4v) is 1.34. The molecule has 1 aromatic heterocycles. The van der Waals surface area contributed by atoms with Crippen LogP contribution in [0.25, 0.3) is 0 Å². The Hall–Kier alpha value is -2.16. The number of hydrogen-bond acceptors (Lipinski definition) is 7. The summed E-state index contributed by atoms with van der Waals surface area (Å²) in [5.74, 6) is -1.06. The van der Waals surface area contributed by atoms with E-state index in [0.717, 1.165) is 0 Å². The molecule has 1 aromatic rings. The summed E-state index contributed by atoms with van der Waals surface area (Å²) in [7, 11) is 1.50. The van der Waals surface area contributed by atoms with Gasteiger partial charge in [-0.05, 0) is 6.92 Å². The summed E-state index contributed by atoms with van der Waals surface area (Å²) < 4.78 is 9.69. The van der Waals surface area contributed by atoms with Gasteiger partial charge in [0, 0.05) is 13.7 Å². The highest BCUT2D eigenvalue weighted by molar-refractivity contribution is 5.92. The van der Waals surface area contributed by atoms with Crippen LogP contribution < -0.4 is 5.73 Å². The van der Waals surface area contributed by atoms with E-state index < -0.39 is 11.9 Å². The van der Waals surface area contributed by atoms with Gasteiger partial charge in [-0.1, -0.05) is 0 Å². The molecule has 0 saturated heterocycles. The number of amides is 1. The van der Waals surface area contributed by atoms with Gasteiger partial charge >= 0.3 is 5.97 Å². The molecule has 0 aliphatic carbocycles. The zero-order chi connectivity index (χ0) is 14.3. The van der Waals surface area contributed by atoms with Crippen molar-refractivity contribution in [1.82, 2.24) is 20.1 Å². The number of nitrogens with one attached hydrogen (secondary N) is 1. The van der Waals surface area contributed by atoms with Gasteiger partial charge in [0.05, 0.1) is 13.2 Å². The lowest BCUT2D eigenvalue weighted by Gasteiger charge is -2.19. The van der Waals surface area contributed by atoms with Gasteiger partial charge in [0.2, 0.25) is 11.8 Å². The molecule has 0 atom stereocenters. The van der Waals surface area contributed by atoms with Crippen LogP contribution in [0.15, 0.2) is 0 Å². The zero-order valence-electron chi connectivity index (χ0n) is 10.9. The first-order chi connectivity index (χ1) is 9.08. The van der Waals surface area contributed by atoms with Gasteiger partial charge in [0.25, 0.3) is 5.91 Å². The second kappa shape index (κ2) is 7.31. The van der Waals surface area contributed by atoms with Crippen molar-refractivity contribution in [1.29, 1.82) is 0 Å². The van der Waals surface area contributed by atoms with Crippen LogP contribution in [0.1, 0.15) is 17.5 Å². The van der Waals surface area contributed by atoms with E-state index in [1.54, 1.807) is 6.92 Å². The Bertz CT molecular complexity index is 433. The van der Waals surface area contributed by atoms with Crippen LogP contribution in [0.3, 0.4) is 0 Å². The summed E-state index contributed by atoms with van der Waals surface area (Å²) in [6, 6.07) is 0. The number of nitrogens with two attached hydrogens (primary N) is 1. The third-order valence-corrected chi connectivity index (χ3v) is 2.18. The number of esters is 1. The summed E-state index contributed by atoms with van der Waals surface area (Å²) >= 11 is 0. The second-order valence-corrected chi connectivity index (χ2v) is 3.57. The number of methoxy groups -OCH3 is 1. The number of anilines is 1. The first-order valence-electron chi connectivity index (χ1n) is 5.70. The topological polar surface area (TPSA) is 123 Å². The highest BCUT2D eigenvalue weighted by Gasteiger charge is 2.22. The molecule has 0 aliphatic heterocycles. The first-order valence-corrected chi connectivity index (χ1v) is 5.70. The molecule has 9 nitrogen and oxygen atoms in total. The molecule has 0 bridgehead atoms. The number of carbonyl (C=O) groups excluding carboxylic acids is 2. The monoisotopic (exact) mass is 271 g/mol. The van der Waals surface area contributed by atoms with E-state index in [9.17, 15) is 9.59 Å². The minimum absolute atomic E-state index is 0.0297. The molecule has 3 N–H and O–H groups in total. The number of H-pyrrole nitrogens is 1. The summed E-state index contributed by atoms with van der Waals surface area (Å²) in [6.07, 6.45) is 0. The number of aromatic nitrogens is 3. The SMILES string of the molecule is CCOC(=O)CN(CCOC)C(=O)c1nc(N)n[nH]1. The van der Waals surface area contributed by atoms with Crippen molar-refractivity contribution in [3.63, 3.8) is 0 Å². The van der Waals surface area contributed by atoms with Crippen LogP contribution in [0.5, 0.6) is 0 Å². The molecule has 1 rings (SSSR count). The fourth-order valence-electron chi connectivity index (χ4n) is 1.34. The Morgan fingerprint density at radius 2 is 2.21 bits per heavy atom. The molecule has 0 spiro atoms. The molecular formula is C10H17N5O4. The maximum atomic E-state index is 12.1. The van der Waals surface area contributed by atoms with Crippen LogP contribution in [-0.2, 0) is 14.3 Å². The van der Waals surface area contributed by atoms with E-state index in [0.29, 0.717) is 0 Å². The molecule has 0 radical (unpaired) electrons. The minimum Gasteiger partial charge on any atom is -0.465 e. The first kappa shape index (κ1) is 14.9. The standard InChI is InChI=1S/C10H17N5O4/c1-3-19-7(16)6-15(4-5-18-2)9(17)8-12-10(11)14-13-8/h3-6H2,1-2H3,(H3,11,12,13,14). The van der Waals surface area contributed by atoms with Gasteiger partial charge in [-0.15, -0.1) is 5.10 Å². The van der Waals surface area contributed by atoms with Crippen LogP contribution >= 0.6 is 0 Å². The predicted molar refractivity (Wildman–Crippen MR) is 65.2 cm³/mol. The minimum atomic E-state index is -0.501. The van der Waals surface area contributed by atoms with Gasteiger partial charge in [-0.25, -0.2) is 0 Å². The quantitative estimate of drug-likeness (QED) is 0.612. The zero-order valence-corrected chi connectivity index (χ0v) is 10.9. The Kier molecular flexibility index (Phi) is 5.73. The molecular weight excluding hydrogens is 254 g/mol. The molecule has 0 saturated carbocycles. The number of ether oxygens (including phenoxy) is 2. The molecule has 0 fully saturated rings.